The molecule has 0 aliphatic rings. The van der Waals surface area contributed by atoms with Gasteiger partial charge in [-0.15, -0.1) is 0 Å². The number of rotatable bonds is 3. The first-order valence-electron chi connectivity index (χ1n) is 2.78. The molecule has 62 valence electrons. The molecule has 0 amide bonds. The Hall–Kier alpha value is 1.31. The van der Waals surface area contributed by atoms with Crippen LogP contribution >= 0.6 is 50.7 Å². The SMILES string of the molecule is CCOC(Br)CC(Cl)(Cl)Cl. The van der Waals surface area contributed by atoms with Crippen LogP contribution in [0.1, 0.15) is 13.3 Å². The minimum atomic E-state index is -1.23. The van der Waals surface area contributed by atoms with Crippen LogP contribution in [0.2, 0.25) is 0 Å². The summed E-state index contributed by atoms with van der Waals surface area (Å²) in [6, 6.07) is 0. The molecule has 1 nitrogen and oxygen atoms in total. The van der Waals surface area contributed by atoms with Gasteiger partial charge >= 0.3 is 0 Å². The normalized spacial score (nSPS) is 15.3. The Morgan fingerprint density at radius 3 is 2.30 bits per heavy atom. The number of hydrogen-bond acceptors (Lipinski definition) is 1. The van der Waals surface area contributed by atoms with Gasteiger partial charge in [0.1, 0.15) is 5.01 Å². The Balaban J connectivity index is 3.47. The highest BCUT2D eigenvalue weighted by Gasteiger charge is 2.23. The average molecular weight is 270 g/mol. The van der Waals surface area contributed by atoms with Gasteiger partial charge in [0.25, 0.3) is 0 Å². The zero-order valence-corrected chi connectivity index (χ0v) is 9.27. The molecular weight excluding hydrogens is 262 g/mol. The minimum Gasteiger partial charge on any atom is -0.367 e. The summed E-state index contributed by atoms with van der Waals surface area (Å²) < 4.78 is 3.85. The van der Waals surface area contributed by atoms with Crippen molar-refractivity contribution < 1.29 is 4.74 Å². The van der Waals surface area contributed by atoms with E-state index in [1.165, 1.54) is 0 Å². The van der Waals surface area contributed by atoms with E-state index in [1.54, 1.807) is 0 Å². The second-order valence-electron chi connectivity index (χ2n) is 1.68. The maximum absolute atomic E-state index is 5.48. The minimum absolute atomic E-state index is 0.176. The molecule has 1 unspecified atom stereocenters. The number of halogens is 4. The van der Waals surface area contributed by atoms with E-state index in [2.05, 4.69) is 15.9 Å². The summed E-state index contributed by atoms with van der Waals surface area (Å²) in [6.07, 6.45) is 0.353. The predicted molar refractivity (Wildman–Crippen MR) is 49.2 cm³/mol. The summed E-state index contributed by atoms with van der Waals surface area (Å²) in [5.74, 6) is 0. The summed E-state index contributed by atoms with van der Waals surface area (Å²) >= 11 is 19.7. The van der Waals surface area contributed by atoms with Gasteiger partial charge in [0.05, 0.1) is 0 Å². The lowest BCUT2D eigenvalue weighted by atomic mass is 10.5. The summed E-state index contributed by atoms with van der Waals surface area (Å²) in [4.78, 5) is 0. The van der Waals surface area contributed by atoms with Crippen LogP contribution in [0.25, 0.3) is 0 Å². The zero-order valence-electron chi connectivity index (χ0n) is 5.41. The third-order valence-corrected chi connectivity index (χ3v) is 1.79. The van der Waals surface area contributed by atoms with E-state index in [9.17, 15) is 0 Å². The van der Waals surface area contributed by atoms with Gasteiger partial charge < -0.3 is 4.74 Å². The van der Waals surface area contributed by atoms with E-state index >= 15 is 0 Å². The molecule has 0 fully saturated rings. The van der Waals surface area contributed by atoms with E-state index in [0.29, 0.717) is 13.0 Å². The van der Waals surface area contributed by atoms with E-state index in [0.717, 1.165) is 0 Å². The fraction of sp³-hybridized carbons (Fsp3) is 1.00. The van der Waals surface area contributed by atoms with E-state index < -0.39 is 3.79 Å². The monoisotopic (exact) mass is 268 g/mol. The van der Waals surface area contributed by atoms with E-state index in [4.69, 9.17) is 39.5 Å². The molecule has 0 saturated heterocycles. The second-order valence-corrected chi connectivity index (χ2v) is 5.22. The molecule has 0 saturated carbocycles. The number of hydrogen-bond donors (Lipinski definition) is 0. The highest BCUT2D eigenvalue weighted by atomic mass is 79.9. The second kappa shape index (κ2) is 5.04. The van der Waals surface area contributed by atoms with Crippen LogP contribution in [0.15, 0.2) is 0 Å². The first-order valence-corrected chi connectivity index (χ1v) is 4.83. The van der Waals surface area contributed by atoms with Crippen LogP contribution in [0, 0.1) is 0 Å². The molecular formula is C5H8BrCl3O. The molecule has 0 aromatic carbocycles. The van der Waals surface area contributed by atoms with Crippen LogP contribution in [-0.2, 0) is 4.74 Å². The molecule has 1 atom stereocenters. The van der Waals surface area contributed by atoms with Crippen molar-refractivity contribution in [1.82, 2.24) is 0 Å². The van der Waals surface area contributed by atoms with Gasteiger partial charge in [0, 0.05) is 13.0 Å². The van der Waals surface area contributed by atoms with Crippen LogP contribution in [-0.4, -0.2) is 15.4 Å². The Bertz CT molecular complexity index is 93.4. The molecule has 0 radical (unpaired) electrons. The quantitative estimate of drug-likeness (QED) is 0.713. The molecule has 0 aromatic rings. The van der Waals surface area contributed by atoms with Crippen LogP contribution in [0.3, 0.4) is 0 Å². The molecule has 10 heavy (non-hydrogen) atoms. The summed E-state index contributed by atoms with van der Waals surface area (Å²) in [5, 5.41) is -0.176. The van der Waals surface area contributed by atoms with Crippen LogP contribution < -0.4 is 0 Å². The summed E-state index contributed by atoms with van der Waals surface area (Å²) in [5.41, 5.74) is 0. The topological polar surface area (TPSA) is 9.23 Å². The molecule has 5 heteroatoms. The third-order valence-electron chi connectivity index (χ3n) is 0.739. The predicted octanol–water partition coefficient (Wildman–Crippen LogP) is 3.50. The first kappa shape index (κ1) is 11.3. The number of alkyl halides is 4. The zero-order chi connectivity index (χ0) is 8.20. The van der Waals surface area contributed by atoms with Gasteiger partial charge in [-0.25, -0.2) is 0 Å². The maximum atomic E-state index is 5.48. The molecule has 0 aromatic heterocycles. The van der Waals surface area contributed by atoms with Gasteiger partial charge in [0.2, 0.25) is 0 Å². The number of ether oxygens (including phenoxy) is 1. The van der Waals surface area contributed by atoms with Crippen molar-refractivity contribution in [1.29, 1.82) is 0 Å². The molecule has 0 aliphatic carbocycles. The molecule has 0 aliphatic heterocycles. The molecule has 0 N–H and O–H groups in total. The van der Waals surface area contributed by atoms with Crippen molar-refractivity contribution in [3.63, 3.8) is 0 Å². The van der Waals surface area contributed by atoms with Gasteiger partial charge in [-0.3, -0.25) is 0 Å². The maximum Gasteiger partial charge on any atom is 0.193 e. The van der Waals surface area contributed by atoms with Crippen molar-refractivity contribution in [3.8, 4) is 0 Å². The lowest BCUT2D eigenvalue weighted by molar-refractivity contribution is 0.125. The summed E-state index contributed by atoms with van der Waals surface area (Å²) in [6.45, 7) is 2.49. The molecule has 0 spiro atoms. The third kappa shape index (κ3) is 7.42. The Labute approximate surface area is 84.1 Å². The summed E-state index contributed by atoms with van der Waals surface area (Å²) in [7, 11) is 0. The van der Waals surface area contributed by atoms with Crippen molar-refractivity contribution in [2.75, 3.05) is 6.61 Å². The van der Waals surface area contributed by atoms with Crippen molar-refractivity contribution in [2.24, 2.45) is 0 Å². The van der Waals surface area contributed by atoms with Crippen LogP contribution in [0.5, 0.6) is 0 Å². The fourth-order valence-corrected chi connectivity index (χ4v) is 2.15. The molecule has 0 rings (SSSR count). The van der Waals surface area contributed by atoms with Crippen LogP contribution in [0.4, 0.5) is 0 Å². The highest BCUT2D eigenvalue weighted by Crippen LogP contribution is 2.33. The average Bonchev–Trinajstić information content (AvgIpc) is 1.59. The van der Waals surface area contributed by atoms with Crippen molar-refractivity contribution in [3.05, 3.63) is 0 Å². The highest BCUT2D eigenvalue weighted by molar-refractivity contribution is 9.09. The first-order chi connectivity index (χ1) is 4.45. The molecule has 0 heterocycles. The Kier molecular flexibility index (Phi) is 5.71. The van der Waals surface area contributed by atoms with Gasteiger partial charge in [-0.1, -0.05) is 50.7 Å². The fourth-order valence-electron chi connectivity index (χ4n) is 0.422. The lowest BCUT2D eigenvalue weighted by Gasteiger charge is -2.15. The van der Waals surface area contributed by atoms with Crippen molar-refractivity contribution >= 4 is 50.7 Å². The van der Waals surface area contributed by atoms with E-state index in [-0.39, 0.29) is 5.01 Å². The van der Waals surface area contributed by atoms with Gasteiger partial charge in [-0.05, 0) is 6.92 Å². The van der Waals surface area contributed by atoms with Gasteiger partial charge in [0.15, 0.2) is 3.79 Å². The lowest BCUT2D eigenvalue weighted by Crippen LogP contribution is -2.14. The largest absolute Gasteiger partial charge is 0.367 e. The standard InChI is InChI=1S/C5H8BrCl3O/c1-2-10-4(6)3-5(7,8)9/h4H,2-3H2,1H3. The molecule has 0 bridgehead atoms. The van der Waals surface area contributed by atoms with E-state index in [1.807, 2.05) is 6.92 Å². The van der Waals surface area contributed by atoms with Gasteiger partial charge in [-0.2, -0.15) is 0 Å². The van der Waals surface area contributed by atoms with Crippen molar-refractivity contribution in [2.45, 2.75) is 22.2 Å². The Morgan fingerprint density at radius 2 is 2.00 bits per heavy atom. The Morgan fingerprint density at radius 1 is 1.50 bits per heavy atom. The smallest absolute Gasteiger partial charge is 0.193 e.